The van der Waals surface area contributed by atoms with Crippen molar-refractivity contribution >= 4 is 0 Å². The first-order valence-corrected chi connectivity index (χ1v) is 7.28. The quantitative estimate of drug-likeness (QED) is 0.701. The summed E-state index contributed by atoms with van der Waals surface area (Å²) in [6.45, 7) is 10.3. The standard InChI is InChI=1S/C16H25NO2/c1-5-7-8-9-14-13(4)18-15-10-17(12(3)6-2)11-16(15)19-14/h5,7,12H,6,8-11H2,1-4H3/b7-5+. The Balaban J connectivity index is 1.95. The van der Waals surface area contributed by atoms with E-state index in [-0.39, 0.29) is 0 Å². The van der Waals surface area contributed by atoms with Gasteiger partial charge in [0.15, 0.2) is 11.5 Å². The van der Waals surface area contributed by atoms with Crippen molar-refractivity contribution < 1.29 is 9.47 Å². The number of rotatable bonds is 5. The highest BCUT2D eigenvalue weighted by molar-refractivity contribution is 5.22. The van der Waals surface area contributed by atoms with Crippen molar-refractivity contribution in [1.29, 1.82) is 0 Å². The first-order chi connectivity index (χ1) is 9.15. The van der Waals surface area contributed by atoms with E-state index >= 15 is 0 Å². The van der Waals surface area contributed by atoms with Gasteiger partial charge in [0.1, 0.15) is 11.5 Å². The molecule has 2 heterocycles. The highest BCUT2D eigenvalue weighted by Crippen LogP contribution is 2.33. The van der Waals surface area contributed by atoms with Crippen LogP contribution < -0.4 is 0 Å². The Labute approximate surface area is 116 Å². The van der Waals surface area contributed by atoms with Crippen molar-refractivity contribution in [2.45, 2.75) is 53.0 Å². The number of hydrogen-bond donors (Lipinski definition) is 0. The van der Waals surface area contributed by atoms with Gasteiger partial charge in [0, 0.05) is 12.5 Å². The van der Waals surface area contributed by atoms with Gasteiger partial charge in [-0.15, -0.1) is 0 Å². The smallest absolute Gasteiger partial charge is 0.157 e. The first kappa shape index (κ1) is 14.2. The zero-order valence-corrected chi connectivity index (χ0v) is 12.5. The van der Waals surface area contributed by atoms with Gasteiger partial charge in [-0.25, -0.2) is 0 Å². The van der Waals surface area contributed by atoms with Gasteiger partial charge in [-0.3, -0.25) is 4.90 Å². The molecule has 106 valence electrons. The predicted molar refractivity (Wildman–Crippen MR) is 77.3 cm³/mol. The summed E-state index contributed by atoms with van der Waals surface area (Å²) < 4.78 is 12.0. The monoisotopic (exact) mass is 263 g/mol. The van der Waals surface area contributed by atoms with Crippen LogP contribution in [0.25, 0.3) is 0 Å². The molecule has 0 bridgehead atoms. The average Bonchev–Trinajstić information content (AvgIpc) is 2.81. The second-order valence-corrected chi connectivity index (χ2v) is 5.30. The summed E-state index contributed by atoms with van der Waals surface area (Å²) in [5, 5.41) is 0. The van der Waals surface area contributed by atoms with Crippen LogP contribution in [-0.2, 0) is 9.47 Å². The Bertz CT molecular complexity index is 420. The Morgan fingerprint density at radius 3 is 2.58 bits per heavy atom. The van der Waals surface area contributed by atoms with Crippen LogP contribution >= 0.6 is 0 Å². The van der Waals surface area contributed by atoms with E-state index in [1.54, 1.807) is 0 Å². The van der Waals surface area contributed by atoms with Crippen LogP contribution in [0.5, 0.6) is 0 Å². The fraction of sp³-hybridized carbons (Fsp3) is 0.625. The Morgan fingerprint density at radius 2 is 1.95 bits per heavy atom. The maximum absolute atomic E-state index is 6.05. The van der Waals surface area contributed by atoms with Crippen molar-refractivity contribution in [3.8, 4) is 0 Å². The average molecular weight is 263 g/mol. The zero-order valence-electron chi connectivity index (χ0n) is 12.5. The Kier molecular flexibility index (Phi) is 4.70. The topological polar surface area (TPSA) is 21.7 Å². The van der Waals surface area contributed by atoms with Gasteiger partial charge in [-0.2, -0.15) is 0 Å². The molecular formula is C16H25NO2. The first-order valence-electron chi connectivity index (χ1n) is 7.28. The molecule has 1 atom stereocenters. The highest BCUT2D eigenvalue weighted by atomic mass is 16.6. The van der Waals surface area contributed by atoms with E-state index in [1.807, 2.05) is 13.8 Å². The third-order valence-electron chi connectivity index (χ3n) is 3.91. The van der Waals surface area contributed by atoms with Gasteiger partial charge in [0.05, 0.1) is 13.1 Å². The minimum absolute atomic E-state index is 0.574. The molecule has 0 aromatic heterocycles. The summed E-state index contributed by atoms with van der Waals surface area (Å²) in [6.07, 6.45) is 7.31. The van der Waals surface area contributed by atoms with Crippen LogP contribution in [0, 0.1) is 0 Å². The Hall–Kier alpha value is -1.22. The molecule has 2 rings (SSSR count). The van der Waals surface area contributed by atoms with Crippen molar-refractivity contribution in [2.24, 2.45) is 0 Å². The molecule has 0 aromatic rings. The summed E-state index contributed by atoms with van der Waals surface area (Å²) in [4.78, 5) is 2.41. The normalized spacial score (nSPS) is 21.7. The molecule has 19 heavy (non-hydrogen) atoms. The molecule has 2 aliphatic rings. The molecule has 0 spiro atoms. The lowest BCUT2D eigenvalue weighted by molar-refractivity contribution is 0.174. The fourth-order valence-corrected chi connectivity index (χ4v) is 2.42. The molecule has 0 aliphatic carbocycles. The van der Waals surface area contributed by atoms with Crippen molar-refractivity contribution in [3.63, 3.8) is 0 Å². The minimum Gasteiger partial charge on any atom is -0.458 e. The van der Waals surface area contributed by atoms with E-state index < -0.39 is 0 Å². The minimum atomic E-state index is 0.574. The van der Waals surface area contributed by atoms with Crippen molar-refractivity contribution in [3.05, 3.63) is 35.2 Å². The summed E-state index contributed by atoms with van der Waals surface area (Å²) >= 11 is 0. The van der Waals surface area contributed by atoms with Crippen molar-refractivity contribution in [1.82, 2.24) is 4.90 Å². The molecule has 0 N–H and O–H groups in total. The van der Waals surface area contributed by atoms with Crippen molar-refractivity contribution in [2.75, 3.05) is 13.1 Å². The summed E-state index contributed by atoms with van der Waals surface area (Å²) in [7, 11) is 0. The maximum atomic E-state index is 6.05. The van der Waals surface area contributed by atoms with Crippen LogP contribution in [0.2, 0.25) is 0 Å². The van der Waals surface area contributed by atoms with Crippen LogP contribution in [0.4, 0.5) is 0 Å². The summed E-state index contributed by atoms with van der Waals surface area (Å²) in [5.41, 5.74) is 0. The second-order valence-electron chi connectivity index (χ2n) is 5.30. The van der Waals surface area contributed by atoms with Crippen LogP contribution in [0.15, 0.2) is 35.2 Å². The lowest BCUT2D eigenvalue weighted by Gasteiger charge is -2.22. The van der Waals surface area contributed by atoms with Crippen LogP contribution in [-0.4, -0.2) is 24.0 Å². The molecule has 2 aliphatic heterocycles. The lowest BCUT2D eigenvalue weighted by atomic mass is 10.2. The number of ether oxygens (including phenoxy) is 2. The van der Waals surface area contributed by atoms with Gasteiger partial charge in [0.25, 0.3) is 0 Å². The third kappa shape index (κ3) is 3.21. The SMILES string of the molecule is C/C=C/CCC1=C(C)OC2=C(CN(C(C)CC)C2)O1. The van der Waals surface area contributed by atoms with E-state index in [0.717, 1.165) is 55.4 Å². The fourth-order valence-electron chi connectivity index (χ4n) is 2.42. The maximum Gasteiger partial charge on any atom is 0.157 e. The molecule has 3 nitrogen and oxygen atoms in total. The number of allylic oxidation sites excluding steroid dienone is 4. The molecule has 0 saturated carbocycles. The van der Waals surface area contributed by atoms with Gasteiger partial charge >= 0.3 is 0 Å². The number of nitrogens with zero attached hydrogens (tertiary/aromatic N) is 1. The highest BCUT2D eigenvalue weighted by Gasteiger charge is 2.32. The van der Waals surface area contributed by atoms with E-state index in [9.17, 15) is 0 Å². The molecule has 0 fully saturated rings. The zero-order chi connectivity index (χ0) is 13.8. The molecule has 0 amide bonds. The van der Waals surface area contributed by atoms with Gasteiger partial charge in [-0.05, 0) is 33.6 Å². The third-order valence-corrected chi connectivity index (χ3v) is 3.91. The van der Waals surface area contributed by atoms with E-state index in [2.05, 4.69) is 30.9 Å². The van der Waals surface area contributed by atoms with Crippen LogP contribution in [0.3, 0.4) is 0 Å². The predicted octanol–water partition coefficient (Wildman–Crippen LogP) is 3.95. The second kappa shape index (κ2) is 6.29. The molecule has 0 aromatic carbocycles. The van der Waals surface area contributed by atoms with E-state index in [1.165, 1.54) is 0 Å². The molecular weight excluding hydrogens is 238 g/mol. The summed E-state index contributed by atoms with van der Waals surface area (Å²) in [6, 6.07) is 0.574. The van der Waals surface area contributed by atoms with Gasteiger partial charge in [0.2, 0.25) is 0 Å². The largest absolute Gasteiger partial charge is 0.458 e. The molecule has 3 heteroatoms. The van der Waals surface area contributed by atoms with E-state index in [0.29, 0.717) is 6.04 Å². The van der Waals surface area contributed by atoms with Crippen LogP contribution in [0.1, 0.15) is 47.0 Å². The summed E-state index contributed by atoms with van der Waals surface area (Å²) in [5.74, 6) is 3.94. The molecule has 0 saturated heterocycles. The molecule has 0 radical (unpaired) electrons. The molecule has 1 unspecified atom stereocenters. The Morgan fingerprint density at radius 1 is 1.26 bits per heavy atom. The number of hydrogen-bond acceptors (Lipinski definition) is 3. The van der Waals surface area contributed by atoms with E-state index in [4.69, 9.17) is 9.47 Å². The lowest BCUT2D eigenvalue weighted by Crippen LogP contribution is -2.31. The van der Waals surface area contributed by atoms with Gasteiger partial charge < -0.3 is 9.47 Å². The van der Waals surface area contributed by atoms with Gasteiger partial charge in [-0.1, -0.05) is 19.1 Å².